The van der Waals surface area contributed by atoms with Crippen LogP contribution in [-0.2, 0) is 0 Å². The lowest BCUT2D eigenvalue weighted by Crippen LogP contribution is -2.51. The van der Waals surface area contributed by atoms with Crippen LogP contribution in [-0.4, -0.2) is 18.1 Å². The highest BCUT2D eigenvalue weighted by Crippen LogP contribution is 2.11. The Morgan fingerprint density at radius 3 is 2.47 bits per heavy atom. The molecule has 0 bridgehead atoms. The molecule has 0 aromatic heterocycles. The molecule has 1 aliphatic rings. The molecular weight excluding hydrogens is 212 g/mol. The van der Waals surface area contributed by atoms with E-state index in [2.05, 4.69) is 21.4 Å². The maximum Gasteiger partial charge on any atom is 0.205 e. The fourth-order valence-corrected chi connectivity index (χ4v) is 1.26. The molecule has 5 nitrogen and oxygen atoms in total. The molecule has 0 radical (unpaired) electrons. The van der Waals surface area contributed by atoms with Gasteiger partial charge in [0.25, 0.3) is 0 Å². The molecule has 3 N–H and O–H groups in total. The summed E-state index contributed by atoms with van der Waals surface area (Å²) in [6, 6.07) is 7.55. The second-order valence-corrected chi connectivity index (χ2v) is 3.29. The van der Waals surface area contributed by atoms with Gasteiger partial charge in [0.1, 0.15) is 5.75 Å². The molecule has 0 fully saturated rings. The standard InChI is InChI=1S/C9H10N4OS/c1-14-7-4-2-6(3-5-7)8-10-12-9(15)13-11-8/h2-5H,1H3,(H,10,11)(H2,12,13,15). The highest BCUT2D eigenvalue weighted by molar-refractivity contribution is 7.80. The smallest absolute Gasteiger partial charge is 0.205 e. The number of hydrogen-bond acceptors (Lipinski definition) is 4. The van der Waals surface area contributed by atoms with Gasteiger partial charge in [-0.3, -0.25) is 16.3 Å². The third kappa shape index (κ3) is 2.16. The lowest BCUT2D eigenvalue weighted by molar-refractivity contribution is 0.415. The van der Waals surface area contributed by atoms with Gasteiger partial charge in [0.15, 0.2) is 5.84 Å². The minimum atomic E-state index is 0.451. The number of hydrazine groups is 1. The molecule has 2 rings (SSSR count). The lowest BCUT2D eigenvalue weighted by Gasteiger charge is -2.17. The Morgan fingerprint density at radius 2 is 1.93 bits per heavy atom. The fraction of sp³-hybridized carbons (Fsp3) is 0.111. The molecule has 1 heterocycles. The van der Waals surface area contributed by atoms with Gasteiger partial charge in [-0.1, -0.05) is 0 Å². The van der Waals surface area contributed by atoms with Crippen LogP contribution in [0.2, 0.25) is 0 Å². The van der Waals surface area contributed by atoms with Gasteiger partial charge in [0, 0.05) is 5.56 Å². The molecule has 0 saturated carbocycles. The number of nitrogens with one attached hydrogen (secondary N) is 3. The summed E-state index contributed by atoms with van der Waals surface area (Å²) in [6.07, 6.45) is 0. The number of hydrazone groups is 1. The van der Waals surface area contributed by atoms with Gasteiger partial charge in [-0.05, 0) is 36.5 Å². The third-order valence-electron chi connectivity index (χ3n) is 1.93. The number of thiocarbonyl (C=S) groups is 1. The van der Waals surface area contributed by atoms with Gasteiger partial charge in [-0.2, -0.15) is 5.10 Å². The van der Waals surface area contributed by atoms with Crippen LogP contribution in [0, 0.1) is 0 Å². The van der Waals surface area contributed by atoms with Crippen molar-refractivity contribution in [1.29, 1.82) is 0 Å². The van der Waals surface area contributed by atoms with Crippen LogP contribution in [0.4, 0.5) is 0 Å². The molecule has 1 aromatic rings. The number of benzene rings is 1. The van der Waals surface area contributed by atoms with Gasteiger partial charge in [-0.15, -0.1) is 0 Å². The zero-order chi connectivity index (χ0) is 10.7. The first-order valence-corrected chi connectivity index (χ1v) is 4.74. The average molecular weight is 222 g/mol. The molecule has 0 spiro atoms. The number of ether oxygens (including phenoxy) is 1. The molecule has 0 atom stereocenters. The fourth-order valence-electron chi connectivity index (χ4n) is 1.16. The molecule has 6 heteroatoms. The summed E-state index contributed by atoms with van der Waals surface area (Å²) in [6.45, 7) is 0. The number of hydrogen-bond donors (Lipinski definition) is 3. The molecule has 0 unspecified atom stereocenters. The van der Waals surface area contributed by atoms with Crippen molar-refractivity contribution in [3.63, 3.8) is 0 Å². The average Bonchev–Trinajstić information content (AvgIpc) is 2.30. The molecule has 0 saturated heterocycles. The highest BCUT2D eigenvalue weighted by atomic mass is 32.1. The summed E-state index contributed by atoms with van der Waals surface area (Å²) in [5, 5.41) is 4.50. The van der Waals surface area contributed by atoms with Gasteiger partial charge >= 0.3 is 0 Å². The molecule has 15 heavy (non-hydrogen) atoms. The van der Waals surface area contributed by atoms with Crippen LogP contribution < -0.4 is 21.0 Å². The van der Waals surface area contributed by atoms with Crippen LogP contribution >= 0.6 is 12.2 Å². The molecule has 0 aliphatic carbocycles. The normalized spacial score (nSPS) is 14.5. The Hall–Kier alpha value is -1.82. The van der Waals surface area contributed by atoms with Crippen molar-refractivity contribution in [3.8, 4) is 5.75 Å². The van der Waals surface area contributed by atoms with Crippen LogP contribution in [0.15, 0.2) is 29.4 Å². The monoisotopic (exact) mass is 222 g/mol. The number of rotatable bonds is 2. The second-order valence-electron chi connectivity index (χ2n) is 2.88. The van der Waals surface area contributed by atoms with E-state index in [9.17, 15) is 0 Å². The molecule has 1 aliphatic heterocycles. The lowest BCUT2D eigenvalue weighted by atomic mass is 10.2. The van der Waals surface area contributed by atoms with Crippen molar-refractivity contribution < 1.29 is 4.74 Å². The molecule has 78 valence electrons. The van der Waals surface area contributed by atoms with E-state index in [0.717, 1.165) is 11.3 Å². The SMILES string of the molecule is COc1ccc(C2=NNC(=S)NN2)cc1. The first-order chi connectivity index (χ1) is 7.29. The Labute approximate surface area is 92.5 Å². The topological polar surface area (TPSA) is 57.7 Å². The van der Waals surface area contributed by atoms with Crippen LogP contribution in [0.3, 0.4) is 0 Å². The maximum atomic E-state index is 5.06. The van der Waals surface area contributed by atoms with E-state index in [-0.39, 0.29) is 0 Å². The summed E-state index contributed by atoms with van der Waals surface area (Å²) in [5.41, 5.74) is 9.26. The van der Waals surface area contributed by atoms with Crippen molar-refractivity contribution in [1.82, 2.24) is 16.3 Å². The minimum Gasteiger partial charge on any atom is -0.497 e. The van der Waals surface area contributed by atoms with Crippen molar-refractivity contribution in [2.75, 3.05) is 7.11 Å². The van der Waals surface area contributed by atoms with Crippen LogP contribution in [0.5, 0.6) is 5.75 Å². The van der Waals surface area contributed by atoms with Gasteiger partial charge in [-0.25, -0.2) is 0 Å². The second kappa shape index (κ2) is 4.14. The summed E-state index contributed by atoms with van der Waals surface area (Å²) >= 11 is 4.84. The Morgan fingerprint density at radius 1 is 1.20 bits per heavy atom. The van der Waals surface area contributed by atoms with E-state index < -0.39 is 0 Å². The first kappa shape index (κ1) is 9.72. The van der Waals surface area contributed by atoms with Gasteiger partial charge in [0.2, 0.25) is 5.11 Å². The van der Waals surface area contributed by atoms with Crippen molar-refractivity contribution >= 4 is 23.2 Å². The summed E-state index contributed by atoms with van der Waals surface area (Å²) in [5.74, 6) is 1.50. The van der Waals surface area contributed by atoms with Gasteiger partial charge < -0.3 is 4.74 Å². The summed E-state index contributed by atoms with van der Waals surface area (Å²) in [7, 11) is 1.63. The van der Waals surface area contributed by atoms with E-state index in [0.29, 0.717) is 10.9 Å². The predicted octanol–water partition coefficient (Wildman–Crippen LogP) is 0.339. The maximum absolute atomic E-state index is 5.06. The first-order valence-electron chi connectivity index (χ1n) is 4.34. The zero-order valence-electron chi connectivity index (χ0n) is 8.07. The minimum absolute atomic E-state index is 0.451. The van der Waals surface area contributed by atoms with Crippen molar-refractivity contribution in [3.05, 3.63) is 29.8 Å². The van der Waals surface area contributed by atoms with Gasteiger partial charge in [0.05, 0.1) is 7.11 Å². The van der Waals surface area contributed by atoms with E-state index in [1.54, 1.807) is 7.11 Å². The Balaban J connectivity index is 2.19. The van der Waals surface area contributed by atoms with E-state index in [4.69, 9.17) is 17.0 Å². The highest BCUT2D eigenvalue weighted by Gasteiger charge is 2.08. The zero-order valence-corrected chi connectivity index (χ0v) is 8.89. The predicted molar refractivity (Wildman–Crippen MR) is 61.5 cm³/mol. The number of amidine groups is 1. The summed E-state index contributed by atoms with van der Waals surface area (Å²) < 4.78 is 5.06. The van der Waals surface area contributed by atoms with Crippen LogP contribution in [0.25, 0.3) is 0 Å². The van der Waals surface area contributed by atoms with Crippen molar-refractivity contribution in [2.45, 2.75) is 0 Å². The van der Waals surface area contributed by atoms with E-state index in [1.165, 1.54) is 0 Å². The quantitative estimate of drug-likeness (QED) is 0.630. The van der Waals surface area contributed by atoms with Crippen LogP contribution in [0.1, 0.15) is 5.56 Å². The number of methoxy groups -OCH3 is 1. The third-order valence-corrected chi connectivity index (χ3v) is 2.12. The largest absolute Gasteiger partial charge is 0.497 e. The Bertz CT molecular complexity index is 401. The molecule has 1 aromatic carbocycles. The van der Waals surface area contributed by atoms with E-state index in [1.807, 2.05) is 24.3 Å². The summed E-state index contributed by atoms with van der Waals surface area (Å²) in [4.78, 5) is 0. The van der Waals surface area contributed by atoms with E-state index >= 15 is 0 Å². The van der Waals surface area contributed by atoms with Crippen molar-refractivity contribution in [2.24, 2.45) is 5.10 Å². The Kier molecular flexibility index (Phi) is 2.68. The molecule has 0 amide bonds. The number of nitrogens with zero attached hydrogens (tertiary/aromatic N) is 1. The molecular formula is C9H10N4OS.